The van der Waals surface area contributed by atoms with E-state index < -0.39 is 0 Å². The Hall–Kier alpha value is -7.20. The van der Waals surface area contributed by atoms with Crippen molar-refractivity contribution >= 4 is 53.1 Å². The van der Waals surface area contributed by atoms with Crippen LogP contribution < -0.4 is 0 Å². The minimum atomic E-state index is 0.698. The molecule has 2 heterocycles. The molecular formula is C54H34N2S. The largest absolute Gasteiger partial charge is 0.228 e. The Labute approximate surface area is 335 Å². The molecule has 11 aromatic rings. The molecule has 0 saturated heterocycles. The van der Waals surface area contributed by atoms with Gasteiger partial charge in [0, 0.05) is 36.9 Å². The molecule has 2 aromatic heterocycles. The van der Waals surface area contributed by atoms with Crippen LogP contribution in [-0.2, 0) is 0 Å². The standard InChI is InChI=1S/C54H34N2S/c1-2-14-37(15-3-1)54-55-50(43-19-10-18-40(30-43)41-26-24-35-12-4-6-16-38(35)28-41)34-51(56-54)46-32-44(42-27-25-36-13-5-7-17-39(36)29-42)31-45(33-46)47-21-11-22-49-48-20-8-9-23-52(48)57-53(47)49/h1-34H. The summed E-state index contributed by atoms with van der Waals surface area (Å²) in [5.41, 5.74) is 11.8. The summed E-state index contributed by atoms with van der Waals surface area (Å²) in [5, 5.41) is 7.49. The molecule has 0 aliphatic rings. The Balaban J connectivity index is 1.12. The van der Waals surface area contributed by atoms with Crippen molar-refractivity contribution in [1.82, 2.24) is 9.97 Å². The van der Waals surface area contributed by atoms with Crippen LogP contribution >= 0.6 is 11.3 Å². The molecule has 0 amide bonds. The third-order valence-corrected chi connectivity index (χ3v) is 12.2. The van der Waals surface area contributed by atoms with E-state index in [9.17, 15) is 0 Å². The molecule has 0 atom stereocenters. The summed E-state index contributed by atoms with van der Waals surface area (Å²) in [6, 6.07) is 74.1. The van der Waals surface area contributed by atoms with Gasteiger partial charge in [0.2, 0.25) is 0 Å². The Kier molecular flexibility index (Phi) is 8.04. The zero-order valence-electron chi connectivity index (χ0n) is 30.9. The number of rotatable bonds is 6. The van der Waals surface area contributed by atoms with Crippen molar-refractivity contribution in [3.8, 4) is 67.3 Å². The zero-order chi connectivity index (χ0) is 37.7. The summed E-state index contributed by atoms with van der Waals surface area (Å²) in [5.74, 6) is 0.698. The van der Waals surface area contributed by atoms with Crippen molar-refractivity contribution < 1.29 is 0 Å². The summed E-state index contributed by atoms with van der Waals surface area (Å²) < 4.78 is 2.59. The van der Waals surface area contributed by atoms with Crippen LogP contribution in [0.3, 0.4) is 0 Å². The Morgan fingerprint density at radius 2 is 0.825 bits per heavy atom. The molecule has 0 unspecified atom stereocenters. The highest BCUT2D eigenvalue weighted by Crippen LogP contribution is 2.42. The van der Waals surface area contributed by atoms with E-state index in [1.54, 1.807) is 0 Å². The van der Waals surface area contributed by atoms with E-state index in [4.69, 9.17) is 9.97 Å². The number of fused-ring (bicyclic) bond motifs is 5. The van der Waals surface area contributed by atoms with Gasteiger partial charge >= 0.3 is 0 Å². The van der Waals surface area contributed by atoms with Crippen molar-refractivity contribution in [2.75, 3.05) is 0 Å². The number of benzene rings is 9. The van der Waals surface area contributed by atoms with Crippen LogP contribution in [0, 0.1) is 0 Å². The number of nitrogens with zero attached hydrogens (tertiary/aromatic N) is 2. The highest BCUT2D eigenvalue weighted by Gasteiger charge is 2.17. The summed E-state index contributed by atoms with van der Waals surface area (Å²) in [6.07, 6.45) is 0. The monoisotopic (exact) mass is 742 g/mol. The van der Waals surface area contributed by atoms with Crippen molar-refractivity contribution in [1.29, 1.82) is 0 Å². The van der Waals surface area contributed by atoms with Crippen molar-refractivity contribution in [3.05, 3.63) is 206 Å². The summed E-state index contributed by atoms with van der Waals surface area (Å²) in [7, 11) is 0. The molecule has 11 rings (SSSR count). The van der Waals surface area contributed by atoms with Gasteiger partial charge in [0.05, 0.1) is 11.4 Å². The molecule has 0 saturated carbocycles. The Morgan fingerprint density at radius 1 is 0.298 bits per heavy atom. The van der Waals surface area contributed by atoms with Gasteiger partial charge in [-0.1, -0.05) is 158 Å². The van der Waals surface area contributed by atoms with E-state index in [1.165, 1.54) is 58.4 Å². The maximum absolute atomic E-state index is 5.32. The van der Waals surface area contributed by atoms with Crippen LogP contribution in [0.25, 0.3) is 109 Å². The minimum Gasteiger partial charge on any atom is -0.228 e. The molecular weight excluding hydrogens is 709 g/mol. The molecule has 0 aliphatic carbocycles. The van der Waals surface area contributed by atoms with Gasteiger partial charge in [-0.15, -0.1) is 11.3 Å². The lowest BCUT2D eigenvalue weighted by Gasteiger charge is -2.14. The summed E-state index contributed by atoms with van der Waals surface area (Å²) in [4.78, 5) is 10.6. The lowest BCUT2D eigenvalue weighted by atomic mass is 9.93. The third-order valence-electron chi connectivity index (χ3n) is 11.0. The van der Waals surface area contributed by atoms with Crippen molar-refractivity contribution in [3.63, 3.8) is 0 Å². The van der Waals surface area contributed by atoms with Crippen LogP contribution in [0.5, 0.6) is 0 Å². The van der Waals surface area contributed by atoms with Crippen LogP contribution in [0.15, 0.2) is 206 Å². The van der Waals surface area contributed by atoms with Gasteiger partial charge in [-0.05, 0) is 103 Å². The molecule has 57 heavy (non-hydrogen) atoms. The van der Waals surface area contributed by atoms with E-state index in [-0.39, 0.29) is 0 Å². The molecule has 0 aliphatic heterocycles. The summed E-state index contributed by atoms with van der Waals surface area (Å²) in [6.45, 7) is 0. The van der Waals surface area contributed by atoms with Crippen molar-refractivity contribution in [2.45, 2.75) is 0 Å². The topological polar surface area (TPSA) is 25.8 Å². The number of thiophene rings is 1. The van der Waals surface area contributed by atoms with E-state index in [0.717, 1.165) is 44.8 Å². The SMILES string of the molecule is c1ccc(-c2nc(-c3cccc(-c4ccc5ccccc5c4)c3)cc(-c3cc(-c4ccc5ccccc5c4)cc(-c4cccc5c4sc4ccccc45)c3)n2)cc1. The number of hydrogen-bond acceptors (Lipinski definition) is 3. The maximum Gasteiger partial charge on any atom is 0.160 e. The van der Waals surface area contributed by atoms with Crippen LogP contribution in [0.4, 0.5) is 0 Å². The third kappa shape index (κ3) is 6.15. The van der Waals surface area contributed by atoms with E-state index in [0.29, 0.717) is 5.82 Å². The van der Waals surface area contributed by atoms with E-state index in [1.807, 2.05) is 17.4 Å². The molecule has 9 aromatic carbocycles. The fourth-order valence-corrected chi connectivity index (χ4v) is 9.37. The van der Waals surface area contributed by atoms with E-state index in [2.05, 4.69) is 200 Å². The normalized spacial score (nSPS) is 11.5. The van der Waals surface area contributed by atoms with Crippen LogP contribution in [0.2, 0.25) is 0 Å². The van der Waals surface area contributed by atoms with Gasteiger partial charge in [0.25, 0.3) is 0 Å². The lowest BCUT2D eigenvalue weighted by molar-refractivity contribution is 1.18. The van der Waals surface area contributed by atoms with Crippen LogP contribution in [0.1, 0.15) is 0 Å². The molecule has 0 spiro atoms. The first-order valence-electron chi connectivity index (χ1n) is 19.3. The van der Waals surface area contributed by atoms with Gasteiger partial charge in [0.1, 0.15) is 0 Å². The second-order valence-corrected chi connectivity index (χ2v) is 15.7. The molecule has 0 bridgehead atoms. The first-order chi connectivity index (χ1) is 28.2. The fraction of sp³-hybridized carbons (Fsp3) is 0. The van der Waals surface area contributed by atoms with Gasteiger partial charge in [-0.2, -0.15) is 0 Å². The second-order valence-electron chi connectivity index (χ2n) is 14.6. The smallest absolute Gasteiger partial charge is 0.160 e. The highest BCUT2D eigenvalue weighted by atomic mass is 32.1. The Morgan fingerprint density at radius 3 is 1.60 bits per heavy atom. The summed E-state index contributed by atoms with van der Waals surface area (Å²) >= 11 is 1.86. The second kappa shape index (κ2) is 13.8. The highest BCUT2D eigenvalue weighted by molar-refractivity contribution is 7.26. The molecule has 266 valence electrons. The first kappa shape index (κ1) is 33.2. The molecule has 0 radical (unpaired) electrons. The van der Waals surface area contributed by atoms with Gasteiger partial charge in [0.15, 0.2) is 5.82 Å². The molecule has 0 fully saturated rings. The average molecular weight is 743 g/mol. The quantitative estimate of drug-likeness (QED) is 0.170. The lowest BCUT2D eigenvalue weighted by Crippen LogP contribution is -1.97. The van der Waals surface area contributed by atoms with Crippen molar-refractivity contribution in [2.24, 2.45) is 0 Å². The maximum atomic E-state index is 5.32. The number of hydrogen-bond donors (Lipinski definition) is 0. The fourth-order valence-electron chi connectivity index (χ4n) is 8.13. The predicted molar refractivity (Wildman–Crippen MR) is 243 cm³/mol. The van der Waals surface area contributed by atoms with Crippen LogP contribution in [-0.4, -0.2) is 9.97 Å². The Bertz CT molecular complexity index is 3310. The predicted octanol–water partition coefficient (Wildman–Crippen LogP) is 15.2. The molecule has 0 N–H and O–H groups in total. The van der Waals surface area contributed by atoms with E-state index >= 15 is 0 Å². The molecule has 2 nitrogen and oxygen atoms in total. The minimum absolute atomic E-state index is 0.698. The van der Waals surface area contributed by atoms with Gasteiger partial charge in [-0.25, -0.2) is 9.97 Å². The van der Waals surface area contributed by atoms with Gasteiger partial charge in [-0.3, -0.25) is 0 Å². The first-order valence-corrected chi connectivity index (χ1v) is 20.1. The number of aromatic nitrogens is 2. The zero-order valence-corrected chi connectivity index (χ0v) is 31.7. The molecule has 3 heteroatoms. The average Bonchev–Trinajstić information content (AvgIpc) is 3.68. The van der Waals surface area contributed by atoms with Gasteiger partial charge < -0.3 is 0 Å².